The van der Waals surface area contributed by atoms with Crippen molar-refractivity contribution >= 4 is 28.4 Å². The Morgan fingerprint density at radius 1 is 0.879 bits per heavy atom. The van der Waals surface area contributed by atoms with E-state index in [1.54, 1.807) is 36.0 Å². The van der Waals surface area contributed by atoms with Crippen LogP contribution in [0.1, 0.15) is 19.4 Å². The summed E-state index contributed by atoms with van der Waals surface area (Å²) in [6, 6.07) is 19.4. The van der Waals surface area contributed by atoms with Crippen molar-refractivity contribution in [3.8, 4) is 0 Å². The highest BCUT2D eigenvalue weighted by Crippen LogP contribution is 2.44. The molecule has 0 amide bonds. The van der Waals surface area contributed by atoms with Crippen LogP contribution in [-0.4, -0.2) is 5.78 Å². The molecule has 0 aromatic heterocycles. The molecule has 0 saturated heterocycles. The summed E-state index contributed by atoms with van der Waals surface area (Å²) < 4.78 is 27.2. The van der Waals surface area contributed by atoms with E-state index >= 15 is 0 Å². The molecule has 5 heteroatoms. The van der Waals surface area contributed by atoms with Gasteiger partial charge in [-0.25, -0.2) is 8.78 Å². The number of thioether (sulfide) groups is 1. The second kappa shape index (κ2) is 8.96. The normalized spacial score (nSPS) is 17.5. The summed E-state index contributed by atoms with van der Waals surface area (Å²) in [5.41, 5.74) is 2.03. The monoisotopic (exact) mass is 477 g/mol. The van der Waals surface area contributed by atoms with E-state index in [0.717, 1.165) is 35.6 Å². The van der Waals surface area contributed by atoms with Crippen LogP contribution in [-0.2, 0) is 22.1 Å². The van der Waals surface area contributed by atoms with Crippen molar-refractivity contribution in [2.24, 2.45) is 11.8 Å². The summed E-state index contributed by atoms with van der Waals surface area (Å²) in [4.78, 5) is 18.3. The van der Waals surface area contributed by atoms with E-state index in [0.29, 0.717) is 6.42 Å². The van der Waals surface area contributed by atoms with Crippen LogP contribution in [0.4, 0.5) is 8.78 Å². The molecule has 33 heavy (non-hydrogen) atoms. The van der Waals surface area contributed by atoms with Crippen LogP contribution in [0.2, 0.25) is 0 Å². The molecule has 1 unspecified atom stereocenters. The van der Waals surface area contributed by atoms with Crippen LogP contribution in [0, 0.1) is 23.5 Å². The number of allylic oxidation sites excluding steroid dienone is 3. The van der Waals surface area contributed by atoms with Gasteiger partial charge in [0.2, 0.25) is 0 Å². The van der Waals surface area contributed by atoms with Crippen molar-refractivity contribution in [1.82, 2.24) is 0 Å². The number of halogens is 2. The van der Waals surface area contributed by atoms with E-state index < -0.39 is 10.9 Å². The topological polar surface area (TPSA) is 17.1 Å². The number of hydrogen-bond acceptors (Lipinski definition) is 2. The first-order valence-corrected chi connectivity index (χ1v) is 13.0. The molecule has 0 bridgehead atoms. The average molecular weight is 478 g/mol. The highest BCUT2D eigenvalue weighted by Gasteiger charge is 2.34. The number of fused-ring (bicyclic) bond motifs is 1. The van der Waals surface area contributed by atoms with Crippen molar-refractivity contribution in [2.75, 3.05) is 0 Å². The van der Waals surface area contributed by atoms with Gasteiger partial charge in [-0.15, -0.1) is 0 Å². The average Bonchev–Trinajstić information content (AvgIpc) is 2.81. The third-order valence-corrected chi connectivity index (χ3v) is 9.46. The van der Waals surface area contributed by atoms with E-state index in [4.69, 9.17) is 0 Å². The number of carbonyl (C=O) groups excluding carboxylic acids is 1. The smallest absolute Gasteiger partial charge is 0.167 e. The molecule has 1 nitrogen and oxygen atoms in total. The Morgan fingerprint density at radius 2 is 1.45 bits per heavy atom. The quantitative estimate of drug-likeness (QED) is 0.365. The molecule has 0 fully saturated rings. The highest BCUT2D eigenvalue weighted by molar-refractivity contribution is 8.03. The fourth-order valence-corrected chi connectivity index (χ4v) is 7.45. The van der Waals surface area contributed by atoms with Gasteiger partial charge in [-0.1, -0.05) is 37.8 Å². The maximum absolute atomic E-state index is 13.6. The number of benzene rings is 3. The maximum Gasteiger partial charge on any atom is 0.167 e. The molecule has 3 aromatic carbocycles. The lowest BCUT2D eigenvalue weighted by atomic mass is 9.82. The van der Waals surface area contributed by atoms with E-state index in [1.807, 2.05) is 6.08 Å². The first-order valence-electron chi connectivity index (χ1n) is 10.9. The van der Waals surface area contributed by atoms with E-state index in [-0.39, 0.29) is 29.3 Å². The number of carbonyl (C=O) groups is 1. The minimum absolute atomic E-state index is 0.0675. The number of rotatable bonds is 4. The second-order valence-electron chi connectivity index (χ2n) is 8.60. The van der Waals surface area contributed by atoms with E-state index in [1.165, 1.54) is 24.3 Å². The summed E-state index contributed by atoms with van der Waals surface area (Å²) in [5.74, 6) is -0.148. The van der Waals surface area contributed by atoms with Gasteiger partial charge in [-0.3, -0.25) is 4.79 Å². The first-order chi connectivity index (χ1) is 15.9. The minimum Gasteiger partial charge on any atom is -0.294 e. The largest absolute Gasteiger partial charge is 0.294 e. The zero-order chi connectivity index (χ0) is 23.1. The third-order valence-electron chi connectivity index (χ3n) is 6.02. The Balaban J connectivity index is 1.55. The van der Waals surface area contributed by atoms with Crippen LogP contribution in [0.25, 0.3) is 0 Å². The van der Waals surface area contributed by atoms with Gasteiger partial charge < -0.3 is 0 Å². The predicted octanol–water partition coefficient (Wildman–Crippen LogP) is 7.37. The number of Topliss-reactive ketones (excluding diaryl/α,β-unsaturated/α-hetero) is 1. The van der Waals surface area contributed by atoms with Crippen molar-refractivity contribution in [3.63, 3.8) is 0 Å². The fourth-order valence-electron chi connectivity index (χ4n) is 4.28. The maximum atomic E-state index is 13.6. The summed E-state index contributed by atoms with van der Waals surface area (Å²) in [6.45, 7) is 4.16. The lowest BCUT2D eigenvalue weighted by Gasteiger charge is -2.27. The van der Waals surface area contributed by atoms with Crippen LogP contribution >= 0.6 is 11.8 Å². The number of hydrogen-bond donors (Lipinski definition) is 0. The Morgan fingerprint density at radius 3 is 2.03 bits per heavy atom. The van der Waals surface area contributed by atoms with Crippen LogP contribution in [0.5, 0.6) is 0 Å². The zero-order valence-electron chi connectivity index (χ0n) is 18.3. The summed E-state index contributed by atoms with van der Waals surface area (Å²) in [7, 11) is -0.520. The van der Waals surface area contributed by atoms with Gasteiger partial charge in [0.05, 0.1) is 10.9 Å². The van der Waals surface area contributed by atoms with Crippen LogP contribution in [0.15, 0.2) is 109 Å². The highest BCUT2D eigenvalue weighted by atomic mass is 32.2. The van der Waals surface area contributed by atoms with Crippen molar-refractivity contribution in [2.45, 2.75) is 39.9 Å². The third kappa shape index (κ3) is 4.32. The van der Waals surface area contributed by atoms with Crippen molar-refractivity contribution in [3.05, 3.63) is 107 Å². The van der Waals surface area contributed by atoms with Gasteiger partial charge in [-0.05, 0) is 78.2 Å². The molecule has 0 radical (unpaired) electrons. The summed E-state index contributed by atoms with van der Waals surface area (Å²) in [6.07, 6.45) is 4.76. The molecule has 1 heterocycles. The van der Waals surface area contributed by atoms with Gasteiger partial charge in [0.25, 0.3) is 0 Å². The Kier molecular flexibility index (Phi) is 6.02. The molecular weight excluding hydrogens is 454 g/mol. The van der Waals surface area contributed by atoms with E-state index in [9.17, 15) is 13.6 Å². The summed E-state index contributed by atoms with van der Waals surface area (Å²) >= 11 is 1.65. The Hall–Kier alpha value is -2.63. The Bertz CT molecular complexity index is 1230. The number of ketones is 1. The van der Waals surface area contributed by atoms with Crippen molar-refractivity contribution < 1.29 is 13.6 Å². The first kappa shape index (κ1) is 22.2. The van der Waals surface area contributed by atoms with Gasteiger partial charge in [0, 0.05) is 27.7 Å². The summed E-state index contributed by atoms with van der Waals surface area (Å²) in [5, 5.41) is 0. The van der Waals surface area contributed by atoms with Gasteiger partial charge in [0.1, 0.15) is 11.6 Å². The molecular formula is C28H23F2OS2+. The van der Waals surface area contributed by atoms with Gasteiger partial charge >= 0.3 is 0 Å². The molecule has 1 aliphatic carbocycles. The molecule has 2 aliphatic rings. The van der Waals surface area contributed by atoms with Crippen LogP contribution in [0.3, 0.4) is 0 Å². The van der Waals surface area contributed by atoms with E-state index in [2.05, 4.69) is 38.1 Å². The van der Waals surface area contributed by atoms with Crippen molar-refractivity contribution in [1.29, 1.82) is 0 Å². The predicted molar refractivity (Wildman–Crippen MR) is 130 cm³/mol. The second-order valence-corrected chi connectivity index (χ2v) is 11.7. The molecule has 3 aromatic rings. The molecule has 1 aliphatic heterocycles. The zero-order valence-corrected chi connectivity index (χ0v) is 20.0. The van der Waals surface area contributed by atoms with Crippen LogP contribution < -0.4 is 0 Å². The molecule has 0 spiro atoms. The molecule has 166 valence electrons. The Labute approximate surface area is 200 Å². The van der Waals surface area contributed by atoms with Gasteiger partial charge in [-0.2, -0.15) is 0 Å². The standard InChI is InChI=1S/C28H23F2OS2/c1-17(2)24-12-14-27-25(28(24)31)16-18-15-23(11-13-26(18)32-27)33(21-7-3-19(29)4-8-21)22-9-5-20(30)6-10-22/h3-15,17,24H,16H2,1-2H3/q+1. The lowest BCUT2D eigenvalue weighted by molar-refractivity contribution is -0.119. The fraction of sp³-hybridized carbons (Fsp3) is 0.179. The molecule has 5 rings (SSSR count). The molecule has 1 atom stereocenters. The lowest BCUT2D eigenvalue weighted by Crippen LogP contribution is -2.25. The minimum atomic E-state index is -0.520. The van der Waals surface area contributed by atoms with Gasteiger partial charge in [0.15, 0.2) is 20.5 Å². The molecule has 0 N–H and O–H groups in total. The molecule has 0 saturated carbocycles. The SMILES string of the molecule is CC(C)C1C=CC2=C(Cc3cc([S+](c4ccc(F)cc4)c4ccc(F)cc4)ccc3S2)C1=O.